The first-order chi connectivity index (χ1) is 7.68. The molecule has 0 radical (unpaired) electrons. The van der Waals surface area contributed by atoms with Crippen LogP contribution in [0.4, 0.5) is 0 Å². The van der Waals surface area contributed by atoms with Crippen molar-refractivity contribution >= 4 is 21.7 Å². The fourth-order valence-electron chi connectivity index (χ4n) is 1.17. The highest BCUT2D eigenvalue weighted by Crippen LogP contribution is 2.01. The van der Waals surface area contributed by atoms with Crippen LogP contribution in [0.15, 0.2) is 0 Å². The number of rotatable bonds is 7. The van der Waals surface area contributed by atoms with Gasteiger partial charge in [-0.15, -0.1) is 0 Å². The Morgan fingerprint density at radius 2 is 1.88 bits per heavy atom. The van der Waals surface area contributed by atoms with Crippen LogP contribution in [0.2, 0.25) is 0 Å². The Balaban J connectivity index is 4.64. The molecular weight excluding hydrogens is 250 g/mol. The van der Waals surface area contributed by atoms with Crippen molar-refractivity contribution in [1.82, 2.24) is 5.32 Å². The van der Waals surface area contributed by atoms with E-state index in [4.69, 9.17) is 9.84 Å². The van der Waals surface area contributed by atoms with E-state index in [1.807, 2.05) is 0 Å². The maximum Gasteiger partial charge on any atom is 0.327 e. The smallest absolute Gasteiger partial charge is 0.327 e. The van der Waals surface area contributed by atoms with Gasteiger partial charge in [0.1, 0.15) is 6.04 Å². The Labute approximate surface area is 100 Å². The minimum atomic E-state index is -3.60. The largest absolute Gasteiger partial charge is 0.480 e. The Morgan fingerprint density at radius 1 is 1.35 bits per heavy atom. The predicted molar refractivity (Wildman–Crippen MR) is 60.4 cm³/mol. The lowest BCUT2D eigenvalue weighted by molar-refractivity contribution is -0.140. The van der Waals surface area contributed by atoms with Crippen LogP contribution < -0.4 is 5.32 Å². The number of aliphatic carboxylic acids is 1. The standard InChI is InChI=1S/C9H17NO6S/c1-6(16-3)4-17(14,15)5-8(9(12)13)10-7(2)11/h6,8H,4-5H2,1-3H3,(H,10,11)(H,12,13). The van der Waals surface area contributed by atoms with Crippen molar-refractivity contribution in [3.8, 4) is 0 Å². The summed E-state index contributed by atoms with van der Waals surface area (Å²) in [5.74, 6) is -2.90. The Kier molecular flexibility index (Phi) is 6.11. The van der Waals surface area contributed by atoms with Gasteiger partial charge in [-0.1, -0.05) is 0 Å². The van der Waals surface area contributed by atoms with E-state index in [2.05, 4.69) is 5.32 Å². The normalized spacial score (nSPS) is 15.0. The third-order valence-electron chi connectivity index (χ3n) is 1.99. The third kappa shape index (κ3) is 6.90. The molecule has 0 aromatic heterocycles. The molecule has 0 aliphatic rings. The van der Waals surface area contributed by atoms with E-state index in [-0.39, 0.29) is 5.75 Å². The van der Waals surface area contributed by atoms with Crippen molar-refractivity contribution in [2.45, 2.75) is 26.0 Å². The second-order valence-electron chi connectivity index (χ2n) is 3.71. The van der Waals surface area contributed by atoms with E-state index in [1.54, 1.807) is 6.92 Å². The van der Waals surface area contributed by atoms with Gasteiger partial charge < -0.3 is 15.2 Å². The summed E-state index contributed by atoms with van der Waals surface area (Å²) in [6, 6.07) is -1.43. The lowest BCUT2D eigenvalue weighted by atomic mass is 10.3. The van der Waals surface area contributed by atoms with Crippen LogP contribution >= 0.6 is 0 Å². The Morgan fingerprint density at radius 3 is 2.24 bits per heavy atom. The summed E-state index contributed by atoms with van der Waals surface area (Å²) >= 11 is 0. The van der Waals surface area contributed by atoms with E-state index in [0.717, 1.165) is 6.92 Å². The van der Waals surface area contributed by atoms with Crippen LogP contribution in [0.25, 0.3) is 0 Å². The molecule has 0 fully saturated rings. The summed E-state index contributed by atoms with van der Waals surface area (Å²) in [4.78, 5) is 21.5. The third-order valence-corrected chi connectivity index (χ3v) is 3.81. The molecule has 0 saturated carbocycles. The maximum atomic E-state index is 11.6. The number of carboxylic acid groups (broad SMARTS) is 1. The number of carbonyl (C=O) groups excluding carboxylic acids is 1. The van der Waals surface area contributed by atoms with Crippen LogP contribution in [0.1, 0.15) is 13.8 Å². The molecule has 0 spiro atoms. The van der Waals surface area contributed by atoms with Crippen molar-refractivity contribution in [3.63, 3.8) is 0 Å². The number of amides is 1. The summed E-state index contributed by atoms with van der Waals surface area (Å²) in [6.45, 7) is 2.69. The number of hydrogen-bond acceptors (Lipinski definition) is 5. The number of methoxy groups -OCH3 is 1. The van der Waals surface area contributed by atoms with E-state index in [9.17, 15) is 18.0 Å². The van der Waals surface area contributed by atoms with E-state index in [0.29, 0.717) is 0 Å². The highest BCUT2D eigenvalue weighted by Gasteiger charge is 2.27. The first-order valence-corrected chi connectivity index (χ1v) is 6.73. The number of hydrogen-bond donors (Lipinski definition) is 2. The first kappa shape index (κ1) is 15.9. The van der Waals surface area contributed by atoms with Crippen LogP contribution in [-0.2, 0) is 24.2 Å². The van der Waals surface area contributed by atoms with Gasteiger partial charge in [0.05, 0.1) is 17.6 Å². The monoisotopic (exact) mass is 267 g/mol. The topological polar surface area (TPSA) is 110 Å². The fraction of sp³-hybridized carbons (Fsp3) is 0.778. The van der Waals surface area contributed by atoms with Gasteiger partial charge in [0.2, 0.25) is 5.91 Å². The number of carboxylic acids is 1. The fourth-order valence-corrected chi connectivity index (χ4v) is 2.89. The van der Waals surface area contributed by atoms with Crippen molar-refractivity contribution in [1.29, 1.82) is 0 Å². The van der Waals surface area contributed by atoms with Gasteiger partial charge in [0.15, 0.2) is 9.84 Å². The van der Waals surface area contributed by atoms with Gasteiger partial charge in [0, 0.05) is 14.0 Å². The first-order valence-electron chi connectivity index (χ1n) is 4.91. The molecule has 0 aromatic rings. The minimum absolute atomic E-state index is 0.285. The zero-order valence-corrected chi connectivity index (χ0v) is 10.8. The molecule has 0 rings (SSSR count). The molecule has 0 aliphatic carbocycles. The molecule has 2 N–H and O–H groups in total. The summed E-state index contributed by atoms with van der Waals surface area (Å²) in [5, 5.41) is 10.8. The van der Waals surface area contributed by atoms with Crippen molar-refractivity contribution < 1.29 is 27.9 Å². The number of ether oxygens (including phenoxy) is 1. The lowest BCUT2D eigenvalue weighted by Gasteiger charge is -2.15. The van der Waals surface area contributed by atoms with Crippen molar-refractivity contribution in [2.75, 3.05) is 18.6 Å². The number of carbonyl (C=O) groups is 2. The molecule has 0 saturated heterocycles. The second-order valence-corrected chi connectivity index (χ2v) is 5.87. The summed E-state index contributed by atoms with van der Waals surface area (Å²) in [6.07, 6.45) is -0.522. The van der Waals surface area contributed by atoms with E-state index < -0.39 is 39.6 Å². The molecule has 1 amide bonds. The summed E-state index contributed by atoms with van der Waals surface area (Å²) in [7, 11) is -2.24. The average molecular weight is 267 g/mol. The SMILES string of the molecule is COC(C)CS(=O)(=O)CC(NC(C)=O)C(=O)O. The molecule has 0 aliphatic heterocycles. The molecule has 7 nitrogen and oxygen atoms in total. The molecule has 8 heteroatoms. The molecule has 0 heterocycles. The van der Waals surface area contributed by atoms with Gasteiger partial charge >= 0.3 is 5.97 Å². The molecule has 2 unspecified atom stereocenters. The average Bonchev–Trinajstić information content (AvgIpc) is 2.14. The molecule has 0 aromatic carbocycles. The zero-order valence-electron chi connectivity index (χ0n) is 9.97. The van der Waals surface area contributed by atoms with Gasteiger partial charge in [-0.3, -0.25) is 4.79 Å². The van der Waals surface area contributed by atoms with Crippen LogP contribution in [0.5, 0.6) is 0 Å². The highest BCUT2D eigenvalue weighted by molar-refractivity contribution is 7.91. The quantitative estimate of drug-likeness (QED) is 0.614. The maximum absolute atomic E-state index is 11.6. The van der Waals surface area contributed by atoms with Crippen molar-refractivity contribution in [2.24, 2.45) is 0 Å². The van der Waals surface area contributed by atoms with Crippen molar-refractivity contribution in [3.05, 3.63) is 0 Å². The minimum Gasteiger partial charge on any atom is -0.480 e. The number of sulfone groups is 1. The van der Waals surface area contributed by atoms with Gasteiger partial charge in [-0.2, -0.15) is 0 Å². The predicted octanol–water partition coefficient (Wildman–Crippen LogP) is -0.975. The Bertz CT molecular complexity index is 377. The molecule has 0 bridgehead atoms. The van der Waals surface area contributed by atoms with Crippen LogP contribution in [0.3, 0.4) is 0 Å². The second kappa shape index (κ2) is 6.55. The highest BCUT2D eigenvalue weighted by atomic mass is 32.2. The van der Waals surface area contributed by atoms with E-state index in [1.165, 1.54) is 7.11 Å². The number of nitrogens with one attached hydrogen (secondary N) is 1. The summed E-state index contributed by atoms with van der Waals surface area (Å²) < 4.78 is 28.0. The van der Waals surface area contributed by atoms with Crippen LogP contribution in [0, 0.1) is 0 Å². The molecule has 100 valence electrons. The van der Waals surface area contributed by atoms with Gasteiger partial charge in [0.25, 0.3) is 0 Å². The van der Waals surface area contributed by atoms with E-state index >= 15 is 0 Å². The molecule has 2 atom stereocenters. The summed E-state index contributed by atoms with van der Waals surface area (Å²) in [5.41, 5.74) is 0. The van der Waals surface area contributed by atoms with Crippen LogP contribution in [-0.4, -0.2) is 56.2 Å². The zero-order chi connectivity index (χ0) is 13.6. The Hall–Kier alpha value is -1.15. The lowest BCUT2D eigenvalue weighted by Crippen LogP contribution is -2.45. The molecular formula is C9H17NO6S. The van der Waals surface area contributed by atoms with Gasteiger partial charge in [-0.25, -0.2) is 13.2 Å². The molecule has 17 heavy (non-hydrogen) atoms. The van der Waals surface area contributed by atoms with Gasteiger partial charge in [-0.05, 0) is 6.92 Å².